The lowest BCUT2D eigenvalue weighted by atomic mass is 9.92. The maximum Gasteiger partial charge on any atom is 0.123 e. The summed E-state index contributed by atoms with van der Waals surface area (Å²) in [5.41, 5.74) is 7.20. The van der Waals surface area contributed by atoms with Crippen LogP contribution in [-0.4, -0.2) is 18.8 Å². The monoisotopic (exact) mass is 407 g/mol. The average molecular weight is 408 g/mol. The molecule has 1 aliphatic rings. The van der Waals surface area contributed by atoms with E-state index >= 15 is 0 Å². The molecule has 31 heavy (non-hydrogen) atoms. The molecule has 154 valence electrons. The van der Waals surface area contributed by atoms with Crippen molar-refractivity contribution >= 4 is 5.69 Å². The van der Waals surface area contributed by atoms with Crippen molar-refractivity contribution in [1.82, 2.24) is 0 Å². The number of ether oxygens (including phenoxy) is 1. The first-order valence-electron chi connectivity index (χ1n) is 10.6. The van der Waals surface area contributed by atoms with E-state index in [9.17, 15) is 5.11 Å². The van der Waals surface area contributed by atoms with Crippen LogP contribution < -0.4 is 9.64 Å². The molecule has 0 bridgehead atoms. The standard InChI is InChI=1S/C28H25NO2/c1-31-22-15-16-25(28(30)17-22)26-19-29(27-14-8-7-13-24(26)27)18-21-11-5-6-12-23(21)20-9-3-2-4-10-20/h2-17,26,30H,18-19H2,1H3. The van der Waals surface area contributed by atoms with Gasteiger partial charge in [-0.3, -0.25) is 0 Å². The van der Waals surface area contributed by atoms with Gasteiger partial charge in [0.05, 0.1) is 7.11 Å². The summed E-state index contributed by atoms with van der Waals surface area (Å²) in [5.74, 6) is 1.07. The number of rotatable bonds is 5. The molecule has 0 aliphatic carbocycles. The van der Waals surface area contributed by atoms with Crippen LogP contribution >= 0.6 is 0 Å². The Morgan fingerprint density at radius 2 is 1.58 bits per heavy atom. The highest BCUT2D eigenvalue weighted by molar-refractivity contribution is 5.70. The first-order valence-corrected chi connectivity index (χ1v) is 10.6. The van der Waals surface area contributed by atoms with Crippen molar-refractivity contribution in [2.75, 3.05) is 18.6 Å². The van der Waals surface area contributed by atoms with Gasteiger partial charge in [0.15, 0.2) is 0 Å². The first-order chi connectivity index (χ1) is 15.2. The zero-order valence-corrected chi connectivity index (χ0v) is 17.5. The number of aromatic hydroxyl groups is 1. The Morgan fingerprint density at radius 1 is 0.839 bits per heavy atom. The summed E-state index contributed by atoms with van der Waals surface area (Å²) in [7, 11) is 1.62. The van der Waals surface area contributed by atoms with Crippen molar-refractivity contribution in [1.29, 1.82) is 0 Å². The first kappa shape index (κ1) is 19.3. The summed E-state index contributed by atoms with van der Waals surface area (Å²) in [6.07, 6.45) is 0. The molecule has 3 heteroatoms. The highest BCUT2D eigenvalue weighted by atomic mass is 16.5. The third kappa shape index (κ3) is 3.64. The summed E-state index contributed by atoms with van der Waals surface area (Å²) in [4.78, 5) is 2.42. The molecule has 0 amide bonds. The number of phenolic OH excluding ortho intramolecular Hbond substituents is 1. The largest absolute Gasteiger partial charge is 0.508 e. The Balaban J connectivity index is 1.50. The van der Waals surface area contributed by atoms with Crippen molar-refractivity contribution in [3.63, 3.8) is 0 Å². The zero-order chi connectivity index (χ0) is 21.2. The Kier molecular flexibility index (Phi) is 5.09. The second kappa shape index (κ2) is 8.19. The lowest BCUT2D eigenvalue weighted by Gasteiger charge is -2.22. The van der Waals surface area contributed by atoms with Gasteiger partial charge in [-0.15, -0.1) is 0 Å². The topological polar surface area (TPSA) is 32.7 Å². The summed E-state index contributed by atoms with van der Waals surface area (Å²) < 4.78 is 5.27. The van der Waals surface area contributed by atoms with Crippen LogP contribution in [0.3, 0.4) is 0 Å². The number of fused-ring (bicyclic) bond motifs is 1. The van der Waals surface area contributed by atoms with Gasteiger partial charge in [-0.2, -0.15) is 0 Å². The van der Waals surface area contributed by atoms with Crippen molar-refractivity contribution in [3.05, 3.63) is 114 Å². The Bertz CT molecular complexity index is 1200. The number of para-hydroxylation sites is 1. The smallest absolute Gasteiger partial charge is 0.123 e. The molecule has 0 spiro atoms. The fourth-order valence-corrected chi connectivity index (χ4v) is 4.61. The molecule has 1 aliphatic heterocycles. The van der Waals surface area contributed by atoms with Crippen molar-refractivity contribution < 1.29 is 9.84 Å². The zero-order valence-electron chi connectivity index (χ0n) is 17.5. The molecule has 1 N–H and O–H groups in total. The van der Waals surface area contributed by atoms with E-state index in [0.29, 0.717) is 5.75 Å². The molecule has 0 aromatic heterocycles. The highest BCUT2D eigenvalue weighted by Gasteiger charge is 2.31. The molecule has 5 rings (SSSR count). The van der Waals surface area contributed by atoms with Crippen LogP contribution in [0.4, 0.5) is 5.69 Å². The minimum absolute atomic E-state index is 0.117. The second-order valence-electron chi connectivity index (χ2n) is 7.94. The van der Waals surface area contributed by atoms with Crippen LogP contribution in [0, 0.1) is 0 Å². The molecular weight excluding hydrogens is 382 g/mol. The Hall–Kier alpha value is -3.72. The SMILES string of the molecule is COc1ccc(C2CN(Cc3ccccc3-c3ccccc3)c3ccccc32)c(O)c1. The maximum atomic E-state index is 10.7. The second-order valence-corrected chi connectivity index (χ2v) is 7.94. The van der Waals surface area contributed by atoms with E-state index < -0.39 is 0 Å². The predicted molar refractivity (Wildman–Crippen MR) is 126 cm³/mol. The number of nitrogens with zero attached hydrogens (tertiary/aromatic N) is 1. The third-order valence-electron chi connectivity index (χ3n) is 6.13. The summed E-state index contributed by atoms with van der Waals surface area (Å²) >= 11 is 0. The Labute approximate surface area is 183 Å². The van der Waals surface area contributed by atoms with E-state index in [1.54, 1.807) is 13.2 Å². The lowest BCUT2D eigenvalue weighted by molar-refractivity contribution is 0.406. The molecule has 1 heterocycles. The van der Waals surface area contributed by atoms with Gasteiger partial charge < -0.3 is 14.7 Å². The van der Waals surface area contributed by atoms with E-state index in [1.807, 2.05) is 12.1 Å². The number of phenols is 1. The fourth-order valence-electron chi connectivity index (χ4n) is 4.61. The molecule has 1 atom stereocenters. The minimum Gasteiger partial charge on any atom is -0.508 e. The van der Waals surface area contributed by atoms with Crippen LogP contribution in [0.2, 0.25) is 0 Å². The van der Waals surface area contributed by atoms with Crippen LogP contribution in [0.5, 0.6) is 11.5 Å². The van der Waals surface area contributed by atoms with Gasteiger partial charge >= 0.3 is 0 Å². The minimum atomic E-state index is 0.117. The average Bonchev–Trinajstić information content (AvgIpc) is 3.18. The molecule has 3 nitrogen and oxygen atoms in total. The van der Waals surface area contributed by atoms with Crippen molar-refractivity contribution in [2.24, 2.45) is 0 Å². The summed E-state index contributed by atoms with van der Waals surface area (Å²) in [6, 6.07) is 33.3. The molecule has 0 saturated carbocycles. The molecule has 0 saturated heterocycles. The van der Waals surface area contributed by atoms with Crippen LogP contribution in [-0.2, 0) is 6.54 Å². The summed E-state index contributed by atoms with van der Waals surface area (Å²) in [5, 5.41) is 10.7. The molecule has 0 fully saturated rings. The molecule has 1 unspecified atom stereocenters. The van der Waals surface area contributed by atoms with Crippen molar-refractivity contribution in [2.45, 2.75) is 12.5 Å². The van der Waals surface area contributed by atoms with Crippen LogP contribution in [0.25, 0.3) is 11.1 Å². The van der Waals surface area contributed by atoms with E-state index in [1.165, 1.54) is 27.9 Å². The lowest BCUT2D eigenvalue weighted by Crippen LogP contribution is -2.22. The quantitative estimate of drug-likeness (QED) is 0.426. The van der Waals surface area contributed by atoms with Crippen molar-refractivity contribution in [3.8, 4) is 22.6 Å². The van der Waals surface area contributed by atoms with Crippen LogP contribution in [0.1, 0.15) is 22.6 Å². The molecule has 0 radical (unpaired) electrons. The maximum absolute atomic E-state index is 10.7. The molecule has 4 aromatic carbocycles. The van der Waals surface area contributed by atoms with E-state index in [0.717, 1.165) is 18.7 Å². The van der Waals surface area contributed by atoms with Gasteiger partial charge in [0, 0.05) is 36.3 Å². The van der Waals surface area contributed by atoms with Gasteiger partial charge in [0.25, 0.3) is 0 Å². The normalized spacial score (nSPS) is 15.0. The third-order valence-corrected chi connectivity index (χ3v) is 6.13. The van der Waals surface area contributed by atoms with E-state index in [2.05, 4.69) is 83.8 Å². The molecule has 4 aromatic rings. The highest BCUT2D eigenvalue weighted by Crippen LogP contribution is 2.44. The fraction of sp³-hybridized carbons (Fsp3) is 0.143. The number of benzene rings is 4. The van der Waals surface area contributed by atoms with Gasteiger partial charge in [-0.25, -0.2) is 0 Å². The van der Waals surface area contributed by atoms with Gasteiger partial charge in [0.1, 0.15) is 11.5 Å². The number of hydrogen-bond donors (Lipinski definition) is 1. The number of hydrogen-bond acceptors (Lipinski definition) is 3. The van der Waals surface area contributed by atoms with E-state index in [-0.39, 0.29) is 11.7 Å². The Morgan fingerprint density at radius 3 is 2.39 bits per heavy atom. The van der Waals surface area contributed by atoms with Gasteiger partial charge in [-0.1, -0.05) is 78.9 Å². The van der Waals surface area contributed by atoms with Gasteiger partial charge in [-0.05, 0) is 34.4 Å². The summed E-state index contributed by atoms with van der Waals surface area (Å²) in [6.45, 7) is 1.64. The van der Waals surface area contributed by atoms with Gasteiger partial charge in [0.2, 0.25) is 0 Å². The number of anilines is 1. The predicted octanol–water partition coefficient (Wildman–Crippen LogP) is 6.22. The van der Waals surface area contributed by atoms with E-state index in [4.69, 9.17) is 4.74 Å². The van der Waals surface area contributed by atoms with Crippen LogP contribution in [0.15, 0.2) is 97.1 Å². The number of methoxy groups -OCH3 is 1. The molecular formula is C28H25NO2.